The van der Waals surface area contributed by atoms with Crippen LogP contribution in [0.15, 0.2) is 82.1 Å². The molecule has 0 bridgehead atoms. The molecule has 0 saturated heterocycles. The Morgan fingerprint density at radius 1 is 0.963 bits per heavy atom. The van der Waals surface area contributed by atoms with E-state index in [1.54, 1.807) is 49.5 Å². The molecule has 4 aromatic rings. The van der Waals surface area contributed by atoms with Crippen molar-refractivity contribution < 1.29 is 9.21 Å². The first-order valence-corrected chi connectivity index (χ1v) is 8.49. The molecule has 0 radical (unpaired) electrons. The number of amides is 1. The summed E-state index contributed by atoms with van der Waals surface area (Å²) in [6, 6.07) is 19.6. The zero-order valence-electron chi connectivity index (χ0n) is 14.6. The number of rotatable bonds is 3. The molecule has 0 aliphatic rings. The monoisotopic (exact) mass is 356 g/mol. The van der Waals surface area contributed by atoms with Crippen LogP contribution in [0, 0.1) is 6.92 Å². The molecule has 0 aliphatic heterocycles. The fourth-order valence-corrected chi connectivity index (χ4v) is 2.97. The van der Waals surface area contributed by atoms with Crippen LogP contribution in [-0.2, 0) is 0 Å². The highest BCUT2D eigenvalue weighted by Gasteiger charge is 2.18. The van der Waals surface area contributed by atoms with Crippen molar-refractivity contribution in [3.8, 4) is 11.3 Å². The summed E-state index contributed by atoms with van der Waals surface area (Å²) in [6.07, 6.45) is 1.59. The summed E-state index contributed by atoms with van der Waals surface area (Å²) < 4.78 is 6.07. The van der Waals surface area contributed by atoms with Gasteiger partial charge in [0.25, 0.3) is 5.91 Å². The Balaban J connectivity index is 1.88. The van der Waals surface area contributed by atoms with E-state index in [1.807, 2.05) is 30.3 Å². The number of nitrogens with one attached hydrogen (secondary N) is 1. The number of hydrogen-bond donors (Lipinski definition) is 1. The first-order chi connectivity index (χ1) is 13.1. The van der Waals surface area contributed by atoms with Crippen LogP contribution in [0.4, 0.5) is 5.82 Å². The van der Waals surface area contributed by atoms with Gasteiger partial charge in [-0.2, -0.15) is 0 Å². The molecule has 132 valence electrons. The second-order valence-corrected chi connectivity index (χ2v) is 6.10. The van der Waals surface area contributed by atoms with Crippen molar-refractivity contribution in [1.82, 2.24) is 4.98 Å². The van der Waals surface area contributed by atoms with Gasteiger partial charge in [-0.25, -0.2) is 4.98 Å². The quantitative estimate of drug-likeness (QED) is 0.590. The van der Waals surface area contributed by atoms with Crippen LogP contribution in [0.5, 0.6) is 0 Å². The minimum Gasteiger partial charge on any atom is -0.455 e. The topological polar surface area (TPSA) is 72.2 Å². The van der Waals surface area contributed by atoms with Crippen molar-refractivity contribution >= 4 is 22.7 Å². The van der Waals surface area contributed by atoms with Gasteiger partial charge in [-0.15, -0.1) is 0 Å². The first-order valence-electron chi connectivity index (χ1n) is 8.49. The number of fused-ring (bicyclic) bond motifs is 1. The Hall–Kier alpha value is -3.73. The van der Waals surface area contributed by atoms with E-state index in [1.165, 1.54) is 0 Å². The maximum Gasteiger partial charge on any atom is 0.260 e. The SMILES string of the molecule is Cc1c(-c2ccccc2)oc2c(C(=O)Nc3ccccn3)cccc2c1=O. The maximum absolute atomic E-state index is 12.9. The van der Waals surface area contributed by atoms with Crippen LogP contribution in [0.2, 0.25) is 0 Å². The molecule has 4 rings (SSSR count). The van der Waals surface area contributed by atoms with E-state index >= 15 is 0 Å². The van der Waals surface area contributed by atoms with Crippen LogP contribution >= 0.6 is 0 Å². The molecule has 27 heavy (non-hydrogen) atoms. The third-order valence-electron chi connectivity index (χ3n) is 4.33. The summed E-state index contributed by atoms with van der Waals surface area (Å²) in [6.45, 7) is 1.73. The minimum absolute atomic E-state index is 0.150. The summed E-state index contributed by atoms with van der Waals surface area (Å²) in [5, 5.41) is 3.11. The standard InChI is InChI=1S/C22H16N2O3/c1-14-19(25)16-10-7-11-17(22(26)24-18-12-5-6-13-23-18)21(16)27-20(14)15-8-3-2-4-9-15/h2-13H,1H3,(H,23,24,26). The number of nitrogens with zero attached hydrogens (tertiary/aromatic N) is 1. The van der Waals surface area contributed by atoms with Gasteiger partial charge in [-0.1, -0.05) is 42.5 Å². The van der Waals surface area contributed by atoms with E-state index in [4.69, 9.17) is 4.42 Å². The predicted octanol–water partition coefficient (Wildman–Crippen LogP) is 4.42. The van der Waals surface area contributed by atoms with Gasteiger partial charge in [0.1, 0.15) is 11.6 Å². The minimum atomic E-state index is -0.384. The molecule has 2 aromatic carbocycles. The molecule has 1 N–H and O–H groups in total. The number of carbonyl (C=O) groups excluding carboxylic acids is 1. The van der Waals surface area contributed by atoms with Crippen molar-refractivity contribution in [3.05, 3.63) is 94.3 Å². The van der Waals surface area contributed by atoms with Crippen LogP contribution in [0.25, 0.3) is 22.3 Å². The van der Waals surface area contributed by atoms with Crippen molar-refractivity contribution in [3.63, 3.8) is 0 Å². The molecule has 0 spiro atoms. The molecule has 0 saturated carbocycles. The zero-order chi connectivity index (χ0) is 18.8. The molecule has 1 amide bonds. The third kappa shape index (κ3) is 3.11. The van der Waals surface area contributed by atoms with E-state index in [2.05, 4.69) is 10.3 Å². The van der Waals surface area contributed by atoms with Gasteiger partial charge in [-0.05, 0) is 31.2 Å². The largest absolute Gasteiger partial charge is 0.455 e. The van der Waals surface area contributed by atoms with Crippen molar-refractivity contribution in [2.45, 2.75) is 6.92 Å². The van der Waals surface area contributed by atoms with Crippen molar-refractivity contribution in [2.24, 2.45) is 0 Å². The number of aromatic nitrogens is 1. The van der Waals surface area contributed by atoms with Crippen LogP contribution in [-0.4, -0.2) is 10.9 Å². The number of pyridine rings is 1. The number of hydrogen-bond acceptors (Lipinski definition) is 4. The van der Waals surface area contributed by atoms with Gasteiger partial charge < -0.3 is 9.73 Å². The lowest BCUT2D eigenvalue weighted by molar-refractivity contribution is 0.102. The Kier molecular flexibility index (Phi) is 4.26. The van der Waals surface area contributed by atoms with Gasteiger partial charge in [0.05, 0.1) is 10.9 Å². The summed E-state index contributed by atoms with van der Waals surface area (Å²) in [7, 11) is 0. The summed E-state index contributed by atoms with van der Waals surface area (Å²) in [5.41, 5.74) is 1.69. The Morgan fingerprint density at radius 3 is 2.48 bits per heavy atom. The lowest BCUT2D eigenvalue weighted by Gasteiger charge is -2.10. The molecule has 0 fully saturated rings. The Labute approximate surface area is 155 Å². The normalized spacial score (nSPS) is 10.7. The molecule has 0 aliphatic carbocycles. The fourth-order valence-electron chi connectivity index (χ4n) is 2.97. The number of para-hydroxylation sites is 1. The third-order valence-corrected chi connectivity index (χ3v) is 4.33. The Morgan fingerprint density at radius 2 is 1.74 bits per heavy atom. The Bertz CT molecular complexity index is 1180. The van der Waals surface area contributed by atoms with Crippen molar-refractivity contribution in [1.29, 1.82) is 0 Å². The van der Waals surface area contributed by atoms with E-state index in [9.17, 15) is 9.59 Å². The fraction of sp³-hybridized carbons (Fsp3) is 0.0455. The average Bonchev–Trinajstić information content (AvgIpc) is 2.71. The zero-order valence-corrected chi connectivity index (χ0v) is 14.6. The highest BCUT2D eigenvalue weighted by molar-refractivity contribution is 6.11. The van der Waals surface area contributed by atoms with Crippen molar-refractivity contribution in [2.75, 3.05) is 5.32 Å². The van der Waals surface area contributed by atoms with Gasteiger partial charge in [0.15, 0.2) is 11.0 Å². The smallest absolute Gasteiger partial charge is 0.260 e. The summed E-state index contributed by atoms with van der Waals surface area (Å²) in [4.78, 5) is 29.7. The second kappa shape index (κ2) is 6.88. The van der Waals surface area contributed by atoms with Gasteiger partial charge >= 0.3 is 0 Å². The molecular weight excluding hydrogens is 340 g/mol. The highest BCUT2D eigenvalue weighted by atomic mass is 16.3. The number of carbonyl (C=O) groups is 1. The van der Waals surface area contributed by atoms with E-state index in [0.29, 0.717) is 22.5 Å². The van der Waals surface area contributed by atoms with Gasteiger partial charge in [-0.3, -0.25) is 9.59 Å². The van der Waals surface area contributed by atoms with Crippen LogP contribution in [0.1, 0.15) is 15.9 Å². The molecule has 5 heteroatoms. The number of benzene rings is 2. The molecule has 2 heterocycles. The van der Waals surface area contributed by atoms with E-state index in [-0.39, 0.29) is 22.5 Å². The molecular formula is C22H16N2O3. The van der Waals surface area contributed by atoms with E-state index < -0.39 is 0 Å². The molecule has 0 unspecified atom stereocenters. The highest BCUT2D eigenvalue weighted by Crippen LogP contribution is 2.27. The van der Waals surface area contributed by atoms with E-state index in [0.717, 1.165) is 5.56 Å². The average molecular weight is 356 g/mol. The van der Waals surface area contributed by atoms with Crippen LogP contribution in [0.3, 0.4) is 0 Å². The lowest BCUT2D eigenvalue weighted by Crippen LogP contribution is -2.15. The summed E-state index contributed by atoms with van der Waals surface area (Å²) in [5.74, 6) is 0.508. The lowest BCUT2D eigenvalue weighted by atomic mass is 10.0. The van der Waals surface area contributed by atoms with Gasteiger partial charge in [0.2, 0.25) is 0 Å². The molecule has 5 nitrogen and oxygen atoms in total. The molecule has 2 aromatic heterocycles. The maximum atomic E-state index is 12.9. The first kappa shape index (κ1) is 16.7. The molecule has 0 atom stereocenters. The number of anilines is 1. The second-order valence-electron chi connectivity index (χ2n) is 6.10. The predicted molar refractivity (Wildman–Crippen MR) is 105 cm³/mol. The van der Waals surface area contributed by atoms with Crippen LogP contribution < -0.4 is 10.7 Å². The van der Waals surface area contributed by atoms with Gasteiger partial charge in [0, 0.05) is 17.3 Å². The summed E-state index contributed by atoms with van der Waals surface area (Å²) >= 11 is 0.